The maximum atomic E-state index is 11.4. The number of aliphatic hydroxyl groups is 1. The lowest BCUT2D eigenvalue weighted by Crippen LogP contribution is -2.53. The van der Waals surface area contributed by atoms with E-state index in [-0.39, 0.29) is 11.8 Å². The summed E-state index contributed by atoms with van der Waals surface area (Å²) in [6.45, 7) is 6.01. The number of hydrogen-bond donors (Lipinski definition) is 2. The molecule has 3 aromatic heterocycles. The Morgan fingerprint density at radius 2 is 1.88 bits per heavy atom. The van der Waals surface area contributed by atoms with E-state index in [2.05, 4.69) is 40.7 Å². The highest BCUT2D eigenvalue weighted by molar-refractivity contribution is 5.91. The van der Waals surface area contributed by atoms with Crippen molar-refractivity contribution in [1.29, 1.82) is 0 Å². The van der Waals surface area contributed by atoms with Gasteiger partial charge in [0.05, 0.1) is 11.3 Å². The second-order valence-corrected chi connectivity index (χ2v) is 7.38. The van der Waals surface area contributed by atoms with Gasteiger partial charge in [-0.05, 0) is 25.2 Å². The third kappa shape index (κ3) is 2.55. The minimum atomic E-state index is -0.834. The molecule has 0 saturated carbocycles. The molecule has 5 nitrogen and oxygen atoms in total. The number of nitrogens with one attached hydrogen (secondary N) is 1. The van der Waals surface area contributed by atoms with Gasteiger partial charge in [-0.2, -0.15) is 0 Å². The molecule has 3 atom stereocenters. The number of rotatable bonds is 2. The molecule has 2 N–H and O–H groups in total. The molecule has 3 aromatic rings. The Morgan fingerprint density at radius 1 is 1.12 bits per heavy atom. The molecule has 0 radical (unpaired) electrons. The highest BCUT2D eigenvalue weighted by Gasteiger charge is 2.45. The summed E-state index contributed by atoms with van der Waals surface area (Å²) in [5, 5.41) is 12.5. The summed E-state index contributed by atoms with van der Waals surface area (Å²) < 4.78 is 0. The molecule has 0 bridgehead atoms. The van der Waals surface area contributed by atoms with Crippen molar-refractivity contribution in [3.8, 4) is 11.3 Å². The van der Waals surface area contributed by atoms with E-state index in [1.54, 1.807) is 6.20 Å². The van der Waals surface area contributed by atoms with Crippen LogP contribution in [0, 0.1) is 11.8 Å². The van der Waals surface area contributed by atoms with E-state index >= 15 is 0 Å². The number of pyridine rings is 2. The number of piperidine rings is 1. The normalized spacial score (nSPS) is 27.7. The molecule has 0 aliphatic carbocycles. The zero-order chi connectivity index (χ0) is 17.6. The number of likely N-dealkylation sites (tertiary alicyclic amines) is 1. The molecular weight excluding hydrogens is 312 g/mol. The van der Waals surface area contributed by atoms with Crippen molar-refractivity contribution >= 4 is 11.0 Å². The number of hydrogen-bond acceptors (Lipinski definition) is 4. The van der Waals surface area contributed by atoms with Crippen LogP contribution >= 0.6 is 0 Å². The average molecular weight is 336 g/mol. The van der Waals surface area contributed by atoms with Gasteiger partial charge in [0.1, 0.15) is 5.65 Å². The monoisotopic (exact) mass is 336 g/mol. The first kappa shape index (κ1) is 16.2. The van der Waals surface area contributed by atoms with Gasteiger partial charge in [0.15, 0.2) is 0 Å². The fraction of sp³-hybridized carbons (Fsp3) is 0.400. The summed E-state index contributed by atoms with van der Waals surface area (Å²) in [7, 11) is 2.11. The number of aromatic nitrogens is 3. The number of nitrogens with zero attached hydrogens (tertiary/aromatic N) is 3. The predicted octanol–water partition coefficient (Wildman–Crippen LogP) is 3.03. The second kappa shape index (κ2) is 5.93. The maximum absolute atomic E-state index is 11.4. The van der Waals surface area contributed by atoms with Crippen LogP contribution < -0.4 is 0 Å². The summed E-state index contributed by atoms with van der Waals surface area (Å²) in [4.78, 5) is 14.4. The summed E-state index contributed by atoms with van der Waals surface area (Å²) >= 11 is 0. The van der Waals surface area contributed by atoms with Gasteiger partial charge < -0.3 is 15.0 Å². The smallest absolute Gasteiger partial charge is 0.137 e. The molecule has 4 rings (SSSR count). The van der Waals surface area contributed by atoms with Crippen LogP contribution in [0.15, 0.2) is 42.9 Å². The van der Waals surface area contributed by atoms with Gasteiger partial charge in [-0.3, -0.25) is 4.98 Å². The Labute approximate surface area is 147 Å². The number of aromatic amines is 1. The highest BCUT2D eigenvalue weighted by atomic mass is 16.3. The van der Waals surface area contributed by atoms with E-state index in [0.717, 1.165) is 40.9 Å². The minimum absolute atomic E-state index is 0.159. The second-order valence-electron chi connectivity index (χ2n) is 7.38. The summed E-state index contributed by atoms with van der Waals surface area (Å²) in [5.41, 5.74) is 2.88. The summed E-state index contributed by atoms with van der Waals surface area (Å²) in [6.07, 6.45) is 5.52. The Balaban J connectivity index is 1.72. The fourth-order valence-corrected chi connectivity index (χ4v) is 4.32. The number of H-pyrrole nitrogens is 1. The average Bonchev–Trinajstić information content (AvgIpc) is 3.08. The minimum Gasteiger partial charge on any atom is -0.384 e. The van der Waals surface area contributed by atoms with Crippen molar-refractivity contribution in [3.63, 3.8) is 0 Å². The molecule has 1 fully saturated rings. The predicted molar refractivity (Wildman–Crippen MR) is 99.0 cm³/mol. The molecule has 1 aliphatic rings. The van der Waals surface area contributed by atoms with Crippen LogP contribution in [0.4, 0.5) is 0 Å². The van der Waals surface area contributed by atoms with Gasteiger partial charge in [-0.15, -0.1) is 0 Å². The summed E-state index contributed by atoms with van der Waals surface area (Å²) in [6, 6.07) is 8.03. The molecule has 1 saturated heterocycles. The van der Waals surface area contributed by atoms with Gasteiger partial charge in [-0.25, -0.2) is 4.98 Å². The largest absolute Gasteiger partial charge is 0.384 e. The lowest BCUT2D eigenvalue weighted by Gasteiger charge is -2.47. The van der Waals surface area contributed by atoms with Crippen LogP contribution in [-0.4, -0.2) is 45.1 Å². The molecule has 0 spiro atoms. The fourth-order valence-electron chi connectivity index (χ4n) is 4.32. The van der Waals surface area contributed by atoms with E-state index in [9.17, 15) is 5.11 Å². The van der Waals surface area contributed by atoms with Gasteiger partial charge in [-0.1, -0.05) is 19.9 Å². The van der Waals surface area contributed by atoms with Crippen molar-refractivity contribution in [2.24, 2.45) is 11.8 Å². The number of fused-ring (bicyclic) bond motifs is 1. The molecule has 1 aliphatic heterocycles. The van der Waals surface area contributed by atoms with Gasteiger partial charge in [0.25, 0.3) is 0 Å². The van der Waals surface area contributed by atoms with Crippen molar-refractivity contribution in [3.05, 3.63) is 48.4 Å². The Hall–Kier alpha value is -2.24. The van der Waals surface area contributed by atoms with Crippen LogP contribution in [0.5, 0.6) is 0 Å². The quantitative estimate of drug-likeness (QED) is 0.755. The van der Waals surface area contributed by atoms with Crippen LogP contribution in [0.25, 0.3) is 22.3 Å². The Kier molecular flexibility index (Phi) is 3.85. The zero-order valence-electron chi connectivity index (χ0n) is 14.9. The Bertz CT molecular complexity index is 874. The molecule has 25 heavy (non-hydrogen) atoms. The maximum Gasteiger partial charge on any atom is 0.137 e. The molecule has 4 heterocycles. The van der Waals surface area contributed by atoms with Crippen LogP contribution in [0.3, 0.4) is 0 Å². The van der Waals surface area contributed by atoms with Crippen LogP contribution in [0.1, 0.15) is 19.4 Å². The van der Waals surface area contributed by atoms with Crippen LogP contribution in [-0.2, 0) is 5.60 Å². The van der Waals surface area contributed by atoms with Gasteiger partial charge in [0.2, 0.25) is 0 Å². The standard InChI is InChI=1S/C20H24N4O/c1-13-11-24(3)12-14(2)20(13,25)15-4-5-18(23-10-15)16-6-8-21-19-17(16)7-9-22-19/h4-10,13-14,25H,11-12H2,1-3H3,(H,21,22)/t13-,14+,20?. The first-order valence-corrected chi connectivity index (χ1v) is 8.80. The first-order valence-electron chi connectivity index (χ1n) is 8.80. The van der Waals surface area contributed by atoms with Gasteiger partial charge in [0, 0.05) is 60.0 Å². The van der Waals surface area contributed by atoms with Gasteiger partial charge >= 0.3 is 0 Å². The van der Waals surface area contributed by atoms with E-state index in [4.69, 9.17) is 0 Å². The van der Waals surface area contributed by atoms with Crippen molar-refractivity contribution < 1.29 is 5.11 Å². The van der Waals surface area contributed by atoms with E-state index in [1.807, 2.05) is 36.7 Å². The Morgan fingerprint density at radius 3 is 2.56 bits per heavy atom. The molecule has 0 amide bonds. The molecule has 130 valence electrons. The summed E-state index contributed by atoms with van der Waals surface area (Å²) in [5.74, 6) is 0.317. The van der Waals surface area contributed by atoms with Crippen LogP contribution in [0.2, 0.25) is 0 Å². The highest BCUT2D eigenvalue weighted by Crippen LogP contribution is 2.41. The van der Waals surface area contributed by atoms with Crippen molar-refractivity contribution in [2.75, 3.05) is 20.1 Å². The molecule has 0 aromatic carbocycles. The topological polar surface area (TPSA) is 65.0 Å². The zero-order valence-corrected chi connectivity index (χ0v) is 14.9. The molecule has 1 unspecified atom stereocenters. The van der Waals surface area contributed by atoms with Crippen molar-refractivity contribution in [2.45, 2.75) is 19.4 Å². The van der Waals surface area contributed by atoms with E-state index < -0.39 is 5.60 Å². The molecule has 5 heteroatoms. The molecular formula is C20H24N4O. The first-order chi connectivity index (χ1) is 12.0. The lowest BCUT2D eigenvalue weighted by atomic mass is 9.71. The van der Waals surface area contributed by atoms with E-state index in [1.165, 1.54) is 0 Å². The lowest BCUT2D eigenvalue weighted by molar-refractivity contribution is -0.108. The third-order valence-electron chi connectivity index (χ3n) is 5.64. The van der Waals surface area contributed by atoms with Crippen molar-refractivity contribution in [1.82, 2.24) is 19.9 Å². The van der Waals surface area contributed by atoms with E-state index in [0.29, 0.717) is 0 Å². The SMILES string of the molecule is C[C@@H]1CN(C)C[C@H](C)C1(O)c1ccc(-c2ccnc3[nH]ccc23)nc1. The third-order valence-corrected chi connectivity index (χ3v) is 5.64.